The molecule has 2 aromatic heterocycles. The van der Waals surface area contributed by atoms with E-state index < -0.39 is 0 Å². The molecule has 3 aromatic rings. The topological polar surface area (TPSA) is 68.0 Å². The lowest BCUT2D eigenvalue weighted by molar-refractivity contribution is -0.116. The normalized spacial score (nSPS) is 10.9. The van der Waals surface area contributed by atoms with Crippen molar-refractivity contribution in [2.45, 2.75) is 39.5 Å². The molecule has 1 N–H and O–H groups in total. The first-order chi connectivity index (χ1) is 12.5. The average molecular weight is 349 g/mol. The minimum atomic E-state index is -0.104. The third-order valence-electron chi connectivity index (χ3n) is 4.25. The van der Waals surface area contributed by atoms with Gasteiger partial charge < -0.3 is 9.73 Å². The highest BCUT2D eigenvalue weighted by molar-refractivity contribution is 5.90. The average Bonchev–Trinajstić information content (AvgIpc) is 3.11. The number of amides is 1. The molecule has 0 saturated carbocycles. The summed E-state index contributed by atoms with van der Waals surface area (Å²) in [6.45, 7) is 6.24. The maximum Gasteiger partial charge on any atom is 0.226 e. The number of carbonyl (C=O) groups excluding carboxylic acids is 1. The number of benzene rings is 1. The minimum absolute atomic E-state index is 0.104. The standard InChI is InChI=1S/C21H23N3O2/c1-14(2)16-6-8-17(9-7-16)18-13-23-20(26-18)11-10-19(25)24-21-15(3)5-4-12-22-21/h4-9,12-14H,10-11H2,1-3H3,(H,22,24,25). The van der Waals surface area contributed by atoms with Gasteiger partial charge in [0.1, 0.15) is 5.82 Å². The molecule has 134 valence electrons. The molecule has 0 atom stereocenters. The van der Waals surface area contributed by atoms with Gasteiger partial charge in [-0.3, -0.25) is 4.79 Å². The van der Waals surface area contributed by atoms with Gasteiger partial charge in [0, 0.05) is 24.6 Å². The second-order valence-corrected chi connectivity index (χ2v) is 6.61. The van der Waals surface area contributed by atoms with E-state index in [1.165, 1.54) is 5.56 Å². The van der Waals surface area contributed by atoms with E-state index in [1.807, 2.05) is 31.2 Å². The second kappa shape index (κ2) is 7.95. The number of hydrogen-bond donors (Lipinski definition) is 1. The van der Waals surface area contributed by atoms with Crippen LogP contribution in [0.25, 0.3) is 11.3 Å². The number of anilines is 1. The smallest absolute Gasteiger partial charge is 0.226 e. The number of aryl methyl sites for hydroxylation is 2. The van der Waals surface area contributed by atoms with Crippen molar-refractivity contribution in [1.82, 2.24) is 9.97 Å². The Morgan fingerprint density at radius 2 is 1.92 bits per heavy atom. The van der Waals surface area contributed by atoms with E-state index >= 15 is 0 Å². The molecule has 5 heteroatoms. The molecule has 0 fully saturated rings. The van der Waals surface area contributed by atoms with Crippen molar-refractivity contribution in [3.05, 3.63) is 65.8 Å². The zero-order valence-corrected chi connectivity index (χ0v) is 15.3. The molecule has 0 aliphatic heterocycles. The fourth-order valence-electron chi connectivity index (χ4n) is 2.62. The first-order valence-electron chi connectivity index (χ1n) is 8.79. The Morgan fingerprint density at radius 1 is 1.15 bits per heavy atom. The molecule has 1 amide bonds. The Labute approximate surface area is 153 Å². The van der Waals surface area contributed by atoms with Crippen LogP contribution in [0.15, 0.2) is 53.2 Å². The van der Waals surface area contributed by atoms with E-state index in [0.717, 1.165) is 16.9 Å². The minimum Gasteiger partial charge on any atom is -0.441 e. The lowest BCUT2D eigenvalue weighted by Gasteiger charge is -2.06. The van der Waals surface area contributed by atoms with Crippen LogP contribution in [-0.4, -0.2) is 15.9 Å². The van der Waals surface area contributed by atoms with Gasteiger partial charge in [-0.25, -0.2) is 9.97 Å². The van der Waals surface area contributed by atoms with Gasteiger partial charge >= 0.3 is 0 Å². The summed E-state index contributed by atoms with van der Waals surface area (Å²) in [6, 6.07) is 12.0. The number of oxazole rings is 1. The fraction of sp³-hybridized carbons (Fsp3) is 0.286. The maximum absolute atomic E-state index is 12.1. The lowest BCUT2D eigenvalue weighted by atomic mass is 10.0. The molecule has 0 saturated heterocycles. The Hall–Kier alpha value is -2.95. The summed E-state index contributed by atoms with van der Waals surface area (Å²) in [5.74, 6) is 2.26. The van der Waals surface area contributed by atoms with E-state index in [2.05, 4.69) is 41.3 Å². The van der Waals surface area contributed by atoms with Crippen LogP contribution in [0.4, 0.5) is 5.82 Å². The van der Waals surface area contributed by atoms with Crippen LogP contribution in [0.2, 0.25) is 0 Å². The van der Waals surface area contributed by atoms with Crippen molar-refractivity contribution < 1.29 is 9.21 Å². The van der Waals surface area contributed by atoms with Gasteiger partial charge in [-0.1, -0.05) is 44.2 Å². The molecule has 3 rings (SSSR count). The summed E-state index contributed by atoms with van der Waals surface area (Å²) >= 11 is 0. The molecule has 0 bridgehead atoms. The summed E-state index contributed by atoms with van der Waals surface area (Å²) < 4.78 is 5.79. The van der Waals surface area contributed by atoms with Crippen LogP contribution < -0.4 is 5.32 Å². The van der Waals surface area contributed by atoms with Gasteiger partial charge in [0.15, 0.2) is 11.7 Å². The molecule has 0 unspecified atom stereocenters. The summed E-state index contributed by atoms with van der Waals surface area (Å²) in [6.07, 6.45) is 4.11. The van der Waals surface area contributed by atoms with Crippen molar-refractivity contribution in [2.75, 3.05) is 5.32 Å². The predicted molar refractivity (Wildman–Crippen MR) is 102 cm³/mol. The number of hydrogen-bond acceptors (Lipinski definition) is 4. The third-order valence-corrected chi connectivity index (χ3v) is 4.25. The van der Waals surface area contributed by atoms with Gasteiger partial charge in [0.25, 0.3) is 0 Å². The van der Waals surface area contributed by atoms with Crippen molar-refractivity contribution in [3.63, 3.8) is 0 Å². The molecular weight excluding hydrogens is 326 g/mol. The Morgan fingerprint density at radius 3 is 2.62 bits per heavy atom. The molecule has 26 heavy (non-hydrogen) atoms. The van der Waals surface area contributed by atoms with Gasteiger partial charge in [-0.05, 0) is 30.0 Å². The van der Waals surface area contributed by atoms with Crippen molar-refractivity contribution >= 4 is 11.7 Å². The maximum atomic E-state index is 12.1. The SMILES string of the molecule is Cc1cccnc1NC(=O)CCc1ncc(-c2ccc(C(C)C)cc2)o1. The second-order valence-electron chi connectivity index (χ2n) is 6.61. The first kappa shape index (κ1) is 17.9. The Kier molecular flexibility index (Phi) is 5.46. The number of aromatic nitrogens is 2. The van der Waals surface area contributed by atoms with Crippen LogP contribution in [0, 0.1) is 6.92 Å². The van der Waals surface area contributed by atoms with E-state index in [0.29, 0.717) is 30.5 Å². The van der Waals surface area contributed by atoms with Crippen LogP contribution in [0.1, 0.15) is 43.2 Å². The van der Waals surface area contributed by atoms with Crippen molar-refractivity contribution in [3.8, 4) is 11.3 Å². The number of nitrogens with zero attached hydrogens (tertiary/aromatic N) is 2. The van der Waals surface area contributed by atoms with Crippen LogP contribution >= 0.6 is 0 Å². The fourth-order valence-corrected chi connectivity index (χ4v) is 2.62. The number of carbonyl (C=O) groups is 1. The molecule has 0 radical (unpaired) electrons. The molecule has 5 nitrogen and oxygen atoms in total. The van der Waals surface area contributed by atoms with Crippen molar-refractivity contribution in [1.29, 1.82) is 0 Å². The summed E-state index contributed by atoms with van der Waals surface area (Å²) in [4.78, 5) is 20.5. The first-order valence-corrected chi connectivity index (χ1v) is 8.79. The van der Waals surface area contributed by atoms with Crippen LogP contribution in [0.3, 0.4) is 0 Å². The van der Waals surface area contributed by atoms with Gasteiger partial charge in [-0.2, -0.15) is 0 Å². The monoisotopic (exact) mass is 349 g/mol. The molecule has 0 spiro atoms. The summed E-state index contributed by atoms with van der Waals surface area (Å²) in [5.41, 5.74) is 3.21. The zero-order chi connectivity index (χ0) is 18.5. The molecule has 2 heterocycles. The largest absolute Gasteiger partial charge is 0.441 e. The molecular formula is C21H23N3O2. The molecule has 0 aliphatic rings. The van der Waals surface area contributed by atoms with Crippen molar-refractivity contribution in [2.24, 2.45) is 0 Å². The highest BCUT2D eigenvalue weighted by atomic mass is 16.4. The Bertz CT molecular complexity index is 882. The molecule has 1 aromatic carbocycles. The highest BCUT2D eigenvalue weighted by Crippen LogP contribution is 2.23. The molecule has 0 aliphatic carbocycles. The predicted octanol–water partition coefficient (Wildman–Crippen LogP) is 4.74. The van der Waals surface area contributed by atoms with E-state index in [9.17, 15) is 4.79 Å². The lowest BCUT2D eigenvalue weighted by Crippen LogP contribution is -2.14. The summed E-state index contributed by atoms with van der Waals surface area (Å²) in [5, 5.41) is 2.82. The van der Waals surface area contributed by atoms with Gasteiger partial charge in [0.05, 0.1) is 6.20 Å². The number of nitrogens with one attached hydrogen (secondary N) is 1. The van der Waals surface area contributed by atoms with Gasteiger partial charge in [0.2, 0.25) is 5.91 Å². The van der Waals surface area contributed by atoms with E-state index in [4.69, 9.17) is 4.42 Å². The highest BCUT2D eigenvalue weighted by Gasteiger charge is 2.11. The Balaban J connectivity index is 1.58. The van der Waals surface area contributed by atoms with Crippen LogP contribution in [0.5, 0.6) is 0 Å². The van der Waals surface area contributed by atoms with Gasteiger partial charge in [-0.15, -0.1) is 0 Å². The quantitative estimate of drug-likeness (QED) is 0.698. The third kappa shape index (κ3) is 4.36. The van der Waals surface area contributed by atoms with E-state index in [-0.39, 0.29) is 5.91 Å². The number of pyridine rings is 1. The van der Waals surface area contributed by atoms with E-state index in [1.54, 1.807) is 12.4 Å². The zero-order valence-electron chi connectivity index (χ0n) is 15.3. The number of rotatable bonds is 6. The summed E-state index contributed by atoms with van der Waals surface area (Å²) in [7, 11) is 0. The van der Waals surface area contributed by atoms with Crippen LogP contribution in [-0.2, 0) is 11.2 Å².